The molecule has 44 valence electrons. The lowest BCUT2D eigenvalue weighted by Gasteiger charge is -2.08. The minimum atomic E-state index is 0.0990. The van der Waals surface area contributed by atoms with Crippen LogP contribution in [0.4, 0.5) is 0 Å². The van der Waals surface area contributed by atoms with Crippen molar-refractivity contribution in [3.8, 4) is 0 Å². The van der Waals surface area contributed by atoms with Gasteiger partial charge >= 0.3 is 0 Å². The van der Waals surface area contributed by atoms with Crippen LogP contribution in [0.1, 0.15) is 0 Å². The lowest BCUT2D eigenvalue weighted by molar-refractivity contribution is -0.123. The van der Waals surface area contributed by atoms with Crippen LogP contribution in [0.3, 0.4) is 0 Å². The molecule has 0 saturated heterocycles. The van der Waals surface area contributed by atoms with Crippen molar-refractivity contribution in [2.45, 2.75) is 0 Å². The molecule has 0 atom stereocenters. The molecule has 0 aliphatic carbocycles. The predicted octanol–water partition coefficient (Wildman–Crippen LogP) is 0.737. The summed E-state index contributed by atoms with van der Waals surface area (Å²) in [5.41, 5.74) is 0.638. The third-order valence-corrected chi connectivity index (χ3v) is 1.65. The number of amides is 1. The van der Waals surface area contributed by atoms with Crippen LogP contribution in [0.25, 0.3) is 0 Å². The first kappa shape index (κ1) is 5.82. The highest BCUT2D eigenvalue weighted by molar-refractivity contribution is 9.09. The fourth-order valence-electron chi connectivity index (χ4n) is 0.584. The van der Waals surface area contributed by atoms with Gasteiger partial charge in [-0.25, -0.2) is 0 Å². The summed E-state index contributed by atoms with van der Waals surface area (Å²) in [6.07, 6.45) is 3.44. The maximum absolute atomic E-state index is 10.6. The zero-order valence-electron chi connectivity index (χ0n) is 4.30. The lowest BCUT2D eigenvalue weighted by Crippen LogP contribution is -2.22. The second-order valence-corrected chi connectivity index (χ2v) is 2.08. The molecule has 0 spiro atoms. The summed E-state index contributed by atoms with van der Waals surface area (Å²) in [6, 6.07) is 0. The minimum Gasteiger partial charge on any atom is -0.326 e. The van der Waals surface area contributed by atoms with Gasteiger partial charge in [0.25, 0.3) is 0 Å². The number of hydrogen-bond acceptors (Lipinski definition) is 1. The zero-order valence-corrected chi connectivity index (χ0v) is 5.89. The summed E-state index contributed by atoms with van der Waals surface area (Å²) in [6.45, 7) is 0.754. The Balaban J connectivity index is 2.51. The monoisotopic (exact) mass is 175 g/mol. The molecular weight excluding hydrogens is 170 g/mol. The van der Waals surface area contributed by atoms with Crippen LogP contribution < -0.4 is 0 Å². The average molecular weight is 176 g/mol. The van der Waals surface area contributed by atoms with Crippen molar-refractivity contribution in [2.24, 2.45) is 0 Å². The van der Waals surface area contributed by atoms with E-state index in [0.29, 0.717) is 5.45 Å². The SMILES string of the molecule is O=C1C=CCN1CBr. The van der Waals surface area contributed by atoms with Crippen molar-refractivity contribution in [1.29, 1.82) is 0 Å². The summed E-state index contributed by atoms with van der Waals surface area (Å²) in [5, 5.41) is 0. The molecule has 1 rings (SSSR count). The third-order valence-electron chi connectivity index (χ3n) is 1.04. The van der Waals surface area contributed by atoms with E-state index < -0.39 is 0 Å². The summed E-state index contributed by atoms with van der Waals surface area (Å²) >= 11 is 3.18. The van der Waals surface area contributed by atoms with Crippen molar-refractivity contribution in [2.75, 3.05) is 12.0 Å². The van der Waals surface area contributed by atoms with Crippen molar-refractivity contribution in [1.82, 2.24) is 4.90 Å². The summed E-state index contributed by atoms with van der Waals surface area (Å²) in [5.74, 6) is 0.0990. The molecule has 0 N–H and O–H groups in total. The molecule has 1 amide bonds. The number of carbonyl (C=O) groups is 1. The topological polar surface area (TPSA) is 20.3 Å². The molecule has 0 unspecified atom stereocenters. The van der Waals surface area contributed by atoms with E-state index in [1.165, 1.54) is 0 Å². The van der Waals surface area contributed by atoms with E-state index in [9.17, 15) is 4.79 Å². The second kappa shape index (κ2) is 2.31. The first-order valence-corrected chi connectivity index (χ1v) is 3.48. The van der Waals surface area contributed by atoms with Gasteiger partial charge in [-0.05, 0) is 0 Å². The maximum Gasteiger partial charge on any atom is 0.247 e. The van der Waals surface area contributed by atoms with Gasteiger partial charge in [0.1, 0.15) is 0 Å². The van der Waals surface area contributed by atoms with E-state index in [1.54, 1.807) is 11.0 Å². The summed E-state index contributed by atoms with van der Waals surface area (Å²) < 4.78 is 0. The van der Waals surface area contributed by atoms with E-state index in [4.69, 9.17) is 0 Å². The zero-order chi connectivity index (χ0) is 5.98. The molecule has 1 aliphatic heterocycles. The Hall–Kier alpha value is -0.310. The number of alkyl halides is 1. The Morgan fingerprint density at radius 3 is 2.88 bits per heavy atom. The molecule has 0 aromatic carbocycles. The Morgan fingerprint density at radius 2 is 2.62 bits per heavy atom. The summed E-state index contributed by atoms with van der Waals surface area (Å²) in [7, 11) is 0. The highest BCUT2D eigenvalue weighted by Gasteiger charge is 2.11. The van der Waals surface area contributed by atoms with Gasteiger partial charge < -0.3 is 4.90 Å². The number of rotatable bonds is 1. The lowest BCUT2D eigenvalue weighted by atomic mass is 10.6. The van der Waals surface area contributed by atoms with E-state index >= 15 is 0 Å². The number of halogens is 1. The van der Waals surface area contributed by atoms with Gasteiger partial charge in [-0.15, -0.1) is 0 Å². The number of hydrogen-bond donors (Lipinski definition) is 0. The average Bonchev–Trinajstić information content (AvgIpc) is 2.14. The molecule has 0 aromatic rings. The van der Waals surface area contributed by atoms with Gasteiger partial charge in [-0.2, -0.15) is 0 Å². The van der Waals surface area contributed by atoms with Crippen LogP contribution in [0.15, 0.2) is 12.2 Å². The molecular formula is C5H6BrNO. The highest BCUT2D eigenvalue weighted by Crippen LogP contribution is 2.01. The highest BCUT2D eigenvalue weighted by atomic mass is 79.9. The standard InChI is InChI=1S/C5H6BrNO/c6-4-7-3-1-2-5(7)8/h1-2H,3-4H2. The van der Waals surface area contributed by atoms with E-state index in [0.717, 1.165) is 6.54 Å². The molecule has 0 fully saturated rings. The van der Waals surface area contributed by atoms with Crippen LogP contribution in [0.2, 0.25) is 0 Å². The molecule has 0 radical (unpaired) electrons. The smallest absolute Gasteiger partial charge is 0.247 e. The first-order chi connectivity index (χ1) is 3.84. The van der Waals surface area contributed by atoms with Gasteiger partial charge in [0.2, 0.25) is 5.91 Å². The summed E-state index contributed by atoms with van der Waals surface area (Å²) in [4.78, 5) is 12.3. The normalized spacial score (nSPS) is 18.1. The quantitative estimate of drug-likeness (QED) is 0.426. The fourth-order valence-corrected chi connectivity index (χ4v) is 1.04. The molecule has 0 aromatic heterocycles. The van der Waals surface area contributed by atoms with Crippen LogP contribution in [-0.4, -0.2) is 22.8 Å². The largest absolute Gasteiger partial charge is 0.326 e. The van der Waals surface area contributed by atoms with Gasteiger partial charge in [0.15, 0.2) is 0 Å². The number of carbonyl (C=O) groups excluding carboxylic acids is 1. The van der Waals surface area contributed by atoms with Crippen molar-refractivity contribution < 1.29 is 4.79 Å². The molecule has 0 saturated carbocycles. The van der Waals surface area contributed by atoms with Crippen LogP contribution in [0.5, 0.6) is 0 Å². The van der Waals surface area contributed by atoms with Crippen molar-refractivity contribution in [3.63, 3.8) is 0 Å². The Labute approximate surface area is 56.3 Å². The first-order valence-electron chi connectivity index (χ1n) is 2.36. The number of nitrogens with zero attached hydrogens (tertiary/aromatic N) is 1. The van der Waals surface area contributed by atoms with E-state index in [-0.39, 0.29) is 5.91 Å². The molecule has 3 heteroatoms. The Bertz CT molecular complexity index is 132. The van der Waals surface area contributed by atoms with Gasteiger partial charge in [-0.1, -0.05) is 22.0 Å². The molecule has 1 aliphatic rings. The molecule has 0 bridgehead atoms. The van der Waals surface area contributed by atoms with Gasteiger partial charge in [0, 0.05) is 12.6 Å². The minimum absolute atomic E-state index is 0.0990. The van der Waals surface area contributed by atoms with Gasteiger partial charge in [-0.3, -0.25) is 4.79 Å². The van der Waals surface area contributed by atoms with Gasteiger partial charge in [0.05, 0.1) is 5.45 Å². The Kier molecular flexibility index (Phi) is 1.68. The predicted molar refractivity (Wildman–Crippen MR) is 34.6 cm³/mol. The van der Waals surface area contributed by atoms with Crippen molar-refractivity contribution in [3.05, 3.63) is 12.2 Å². The van der Waals surface area contributed by atoms with Crippen LogP contribution >= 0.6 is 15.9 Å². The Morgan fingerprint density at radius 1 is 1.88 bits per heavy atom. The second-order valence-electron chi connectivity index (χ2n) is 1.58. The van der Waals surface area contributed by atoms with Crippen molar-refractivity contribution >= 4 is 21.8 Å². The molecule has 8 heavy (non-hydrogen) atoms. The van der Waals surface area contributed by atoms with Crippen LogP contribution in [-0.2, 0) is 4.79 Å². The van der Waals surface area contributed by atoms with E-state index in [1.807, 2.05) is 6.08 Å². The fraction of sp³-hybridized carbons (Fsp3) is 0.400. The molecule has 1 heterocycles. The maximum atomic E-state index is 10.6. The van der Waals surface area contributed by atoms with Crippen LogP contribution in [0, 0.1) is 0 Å². The van der Waals surface area contributed by atoms with E-state index in [2.05, 4.69) is 15.9 Å². The molecule has 2 nitrogen and oxygen atoms in total. The third kappa shape index (κ3) is 0.916.